The Morgan fingerprint density at radius 2 is 2.20 bits per heavy atom. The van der Waals surface area contributed by atoms with E-state index in [9.17, 15) is 0 Å². The van der Waals surface area contributed by atoms with Gasteiger partial charge in [-0.05, 0) is 24.6 Å². The van der Waals surface area contributed by atoms with Crippen molar-refractivity contribution in [1.29, 1.82) is 0 Å². The van der Waals surface area contributed by atoms with Crippen molar-refractivity contribution in [2.45, 2.75) is 13.0 Å². The zero-order valence-corrected chi connectivity index (χ0v) is 9.07. The zero-order valence-electron chi connectivity index (χ0n) is 9.07. The molecule has 0 amide bonds. The lowest BCUT2D eigenvalue weighted by atomic mass is 10.1. The van der Waals surface area contributed by atoms with Gasteiger partial charge >= 0.3 is 0 Å². The maximum Gasteiger partial charge on any atom is 0.119 e. The summed E-state index contributed by atoms with van der Waals surface area (Å²) in [5.74, 6) is 0.935. The van der Waals surface area contributed by atoms with E-state index in [1.807, 2.05) is 19.1 Å². The summed E-state index contributed by atoms with van der Waals surface area (Å²) >= 11 is 0. The van der Waals surface area contributed by atoms with Crippen molar-refractivity contribution >= 4 is 0 Å². The van der Waals surface area contributed by atoms with E-state index in [0.717, 1.165) is 25.4 Å². The molecule has 1 saturated heterocycles. The average molecular weight is 205 g/mol. The van der Waals surface area contributed by atoms with E-state index in [-0.39, 0.29) is 0 Å². The number of hydrogen-bond donors (Lipinski definition) is 1. The van der Waals surface area contributed by atoms with Gasteiger partial charge in [-0.2, -0.15) is 0 Å². The quantitative estimate of drug-likeness (QED) is 0.808. The van der Waals surface area contributed by atoms with Gasteiger partial charge in [-0.15, -0.1) is 0 Å². The number of benzene rings is 1. The Kier molecular flexibility index (Phi) is 3.59. The highest BCUT2D eigenvalue weighted by Gasteiger charge is 2.14. The summed E-state index contributed by atoms with van der Waals surface area (Å²) < 4.78 is 5.40. The molecule has 0 bridgehead atoms. The van der Waals surface area contributed by atoms with Crippen LogP contribution in [-0.2, 0) is 0 Å². The first-order valence-corrected chi connectivity index (χ1v) is 5.50. The Morgan fingerprint density at radius 3 is 2.80 bits per heavy atom. The van der Waals surface area contributed by atoms with Gasteiger partial charge in [-0.3, -0.25) is 0 Å². The highest BCUT2D eigenvalue weighted by molar-refractivity contribution is 5.29. The van der Waals surface area contributed by atoms with Crippen LogP contribution < -0.4 is 15.4 Å². The minimum absolute atomic E-state index is 0.314. The van der Waals surface area contributed by atoms with Crippen LogP contribution >= 0.6 is 0 Å². The summed E-state index contributed by atoms with van der Waals surface area (Å²) in [7, 11) is 0. The second-order valence-corrected chi connectivity index (χ2v) is 3.63. The van der Waals surface area contributed by atoms with Crippen LogP contribution in [0.25, 0.3) is 0 Å². The van der Waals surface area contributed by atoms with E-state index in [0.29, 0.717) is 12.6 Å². The molecule has 15 heavy (non-hydrogen) atoms. The summed E-state index contributed by atoms with van der Waals surface area (Å²) in [6.45, 7) is 5.59. The summed E-state index contributed by atoms with van der Waals surface area (Å²) in [6.07, 6.45) is 0. The molecule has 1 aliphatic rings. The van der Waals surface area contributed by atoms with Gasteiger partial charge in [0.05, 0.1) is 12.6 Å². The van der Waals surface area contributed by atoms with Crippen LogP contribution in [0.2, 0.25) is 0 Å². The SMILES string of the molecule is CCOc1ccc(C2CNCC[N]2)cc1. The van der Waals surface area contributed by atoms with E-state index in [1.54, 1.807) is 0 Å². The minimum atomic E-state index is 0.314. The molecule has 3 heteroatoms. The first-order valence-electron chi connectivity index (χ1n) is 5.50. The average Bonchev–Trinajstić information content (AvgIpc) is 2.32. The number of nitrogens with one attached hydrogen (secondary N) is 1. The fourth-order valence-corrected chi connectivity index (χ4v) is 1.78. The predicted octanol–water partition coefficient (Wildman–Crippen LogP) is 1.33. The van der Waals surface area contributed by atoms with Gasteiger partial charge in [0.2, 0.25) is 0 Å². The monoisotopic (exact) mass is 205 g/mol. The van der Waals surface area contributed by atoms with Gasteiger partial charge in [-0.25, -0.2) is 5.32 Å². The number of piperazine rings is 1. The molecule has 2 rings (SSSR count). The van der Waals surface area contributed by atoms with Gasteiger partial charge in [0, 0.05) is 19.6 Å². The minimum Gasteiger partial charge on any atom is -0.494 e. The lowest BCUT2D eigenvalue weighted by Gasteiger charge is -2.23. The van der Waals surface area contributed by atoms with Crippen molar-refractivity contribution in [3.8, 4) is 5.75 Å². The highest BCUT2D eigenvalue weighted by atomic mass is 16.5. The number of rotatable bonds is 3. The highest BCUT2D eigenvalue weighted by Crippen LogP contribution is 2.19. The standard InChI is InChI=1S/C12H17N2O/c1-2-15-11-5-3-10(4-6-11)12-9-13-7-8-14-12/h3-6,12-13H,2,7-9H2,1H3. The third kappa shape index (κ3) is 2.70. The summed E-state index contributed by atoms with van der Waals surface area (Å²) in [6, 6.07) is 8.55. The van der Waals surface area contributed by atoms with Gasteiger partial charge in [0.15, 0.2) is 0 Å². The zero-order chi connectivity index (χ0) is 10.5. The smallest absolute Gasteiger partial charge is 0.119 e. The van der Waals surface area contributed by atoms with Crippen LogP contribution in [0.5, 0.6) is 5.75 Å². The topological polar surface area (TPSA) is 35.4 Å². The molecule has 1 heterocycles. The van der Waals surface area contributed by atoms with Crippen molar-refractivity contribution < 1.29 is 4.74 Å². The van der Waals surface area contributed by atoms with Gasteiger partial charge in [-0.1, -0.05) is 12.1 Å². The fraction of sp³-hybridized carbons (Fsp3) is 0.500. The molecule has 1 atom stereocenters. The molecule has 1 aromatic rings. The van der Waals surface area contributed by atoms with Crippen LogP contribution in [0.15, 0.2) is 24.3 Å². The van der Waals surface area contributed by atoms with E-state index < -0.39 is 0 Å². The molecule has 1 fully saturated rings. The Morgan fingerprint density at radius 1 is 1.40 bits per heavy atom. The first kappa shape index (κ1) is 10.5. The van der Waals surface area contributed by atoms with Crippen LogP contribution in [-0.4, -0.2) is 26.2 Å². The van der Waals surface area contributed by atoms with E-state index in [4.69, 9.17) is 4.74 Å². The third-order valence-corrected chi connectivity index (χ3v) is 2.55. The van der Waals surface area contributed by atoms with E-state index in [2.05, 4.69) is 22.8 Å². The van der Waals surface area contributed by atoms with Crippen molar-refractivity contribution in [3.05, 3.63) is 29.8 Å². The Bertz CT molecular complexity index is 291. The Hall–Kier alpha value is -1.06. The molecule has 0 aliphatic carbocycles. The lowest BCUT2D eigenvalue weighted by molar-refractivity contribution is 0.340. The maximum absolute atomic E-state index is 5.40. The van der Waals surface area contributed by atoms with Gasteiger partial charge in [0.1, 0.15) is 5.75 Å². The van der Waals surface area contributed by atoms with E-state index in [1.165, 1.54) is 5.56 Å². The lowest BCUT2D eigenvalue weighted by Crippen LogP contribution is -2.38. The van der Waals surface area contributed by atoms with Crippen molar-refractivity contribution in [2.24, 2.45) is 0 Å². The number of hydrogen-bond acceptors (Lipinski definition) is 2. The third-order valence-electron chi connectivity index (χ3n) is 2.55. The molecule has 0 aromatic heterocycles. The molecule has 1 aromatic carbocycles. The van der Waals surface area contributed by atoms with Crippen LogP contribution in [0.3, 0.4) is 0 Å². The molecule has 1 radical (unpaired) electrons. The second kappa shape index (κ2) is 5.14. The van der Waals surface area contributed by atoms with Crippen LogP contribution in [0.4, 0.5) is 0 Å². The first-order chi connectivity index (χ1) is 7.40. The van der Waals surface area contributed by atoms with Crippen molar-refractivity contribution in [3.63, 3.8) is 0 Å². The van der Waals surface area contributed by atoms with Gasteiger partial charge in [0.25, 0.3) is 0 Å². The molecular formula is C12H17N2O. The van der Waals surface area contributed by atoms with Crippen LogP contribution in [0, 0.1) is 0 Å². The van der Waals surface area contributed by atoms with E-state index >= 15 is 0 Å². The molecular weight excluding hydrogens is 188 g/mol. The molecule has 0 spiro atoms. The molecule has 1 N–H and O–H groups in total. The fourth-order valence-electron chi connectivity index (χ4n) is 1.78. The molecule has 0 saturated carbocycles. The Balaban J connectivity index is 2.02. The summed E-state index contributed by atoms with van der Waals surface area (Å²) in [5, 5.41) is 7.92. The van der Waals surface area contributed by atoms with Gasteiger partial charge < -0.3 is 10.1 Å². The van der Waals surface area contributed by atoms with Crippen molar-refractivity contribution in [2.75, 3.05) is 26.2 Å². The maximum atomic E-state index is 5.40. The van der Waals surface area contributed by atoms with Crippen molar-refractivity contribution in [1.82, 2.24) is 10.6 Å². The number of nitrogens with zero attached hydrogens (tertiary/aromatic N) is 1. The molecule has 1 aliphatic heterocycles. The normalized spacial score (nSPS) is 21.3. The largest absolute Gasteiger partial charge is 0.494 e. The second-order valence-electron chi connectivity index (χ2n) is 3.63. The molecule has 81 valence electrons. The van der Waals surface area contributed by atoms with Crippen LogP contribution in [0.1, 0.15) is 18.5 Å². The number of ether oxygens (including phenoxy) is 1. The molecule has 3 nitrogen and oxygen atoms in total. The predicted molar refractivity (Wildman–Crippen MR) is 60.2 cm³/mol. The Labute approximate surface area is 90.8 Å². The molecule has 1 unspecified atom stereocenters. The summed E-state index contributed by atoms with van der Waals surface area (Å²) in [4.78, 5) is 0. The summed E-state index contributed by atoms with van der Waals surface area (Å²) in [5.41, 5.74) is 1.27.